The Morgan fingerprint density at radius 3 is 2.58 bits per heavy atom. The number of rotatable bonds is 8. The molecule has 0 radical (unpaired) electrons. The van der Waals surface area contributed by atoms with E-state index in [1.54, 1.807) is 18.2 Å². The average Bonchev–Trinajstić information content (AvgIpc) is 3.03. The molecule has 1 unspecified atom stereocenters. The maximum absolute atomic E-state index is 12.9. The average molecular weight is 335 g/mol. The molecule has 2 N–H and O–H groups in total. The van der Waals surface area contributed by atoms with Gasteiger partial charge in [-0.05, 0) is 42.3 Å². The molecular weight excluding hydrogens is 313 g/mol. The quantitative estimate of drug-likeness (QED) is 0.778. The van der Waals surface area contributed by atoms with E-state index in [4.69, 9.17) is 9.15 Å². The molecule has 0 saturated carbocycles. The zero-order valence-electron chi connectivity index (χ0n) is 13.8. The standard InChI is InChI=1S/C18H22FNO4/c1-12(2)10-23-11-15(21)9-20-18(22)17-8-7-16(24-17)13-3-5-14(19)6-4-13/h3-8,12,15,21H,9-11H2,1-2H3,(H,20,22). The maximum Gasteiger partial charge on any atom is 0.287 e. The summed E-state index contributed by atoms with van der Waals surface area (Å²) in [7, 11) is 0. The predicted octanol–water partition coefficient (Wildman–Crippen LogP) is 2.85. The summed E-state index contributed by atoms with van der Waals surface area (Å²) in [5.41, 5.74) is 0.678. The van der Waals surface area contributed by atoms with Crippen molar-refractivity contribution in [3.63, 3.8) is 0 Å². The van der Waals surface area contributed by atoms with Gasteiger partial charge in [0, 0.05) is 18.7 Å². The molecule has 1 amide bonds. The van der Waals surface area contributed by atoms with Crippen LogP contribution in [-0.4, -0.2) is 36.9 Å². The second-order valence-electron chi connectivity index (χ2n) is 5.97. The first-order valence-electron chi connectivity index (χ1n) is 7.85. The lowest BCUT2D eigenvalue weighted by molar-refractivity contribution is 0.0257. The Morgan fingerprint density at radius 2 is 1.92 bits per heavy atom. The fourth-order valence-electron chi connectivity index (χ4n) is 2.03. The van der Waals surface area contributed by atoms with E-state index >= 15 is 0 Å². The van der Waals surface area contributed by atoms with E-state index in [9.17, 15) is 14.3 Å². The lowest BCUT2D eigenvalue weighted by Gasteiger charge is -2.13. The first kappa shape index (κ1) is 18.2. The highest BCUT2D eigenvalue weighted by molar-refractivity contribution is 5.92. The molecule has 1 atom stereocenters. The van der Waals surface area contributed by atoms with Crippen molar-refractivity contribution in [1.29, 1.82) is 0 Å². The van der Waals surface area contributed by atoms with E-state index in [-0.39, 0.29) is 24.7 Å². The van der Waals surface area contributed by atoms with Gasteiger partial charge in [-0.2, -0.15) is 0 Å². The van der Waals surface area contributed by atoms with Crippen LogP contribution < -0.4 is 5.32 Å². The van der Waals surface area contributed by atoms with Gasteiger partial charge >= 0.3 is 0 Å². The lowest BCUT2D eigenvalue weighted by atomic mass is 10.2. The molecule has 0 aliphatic carbocycles. The van der Waals surface area contributed by atoms with Crippen molar-refractivity contribution in [2.45, 2.75) is 20.0 Å². The van der Waals surface area contributed by atoms with Crippen LogP contribution in [0.5, 0.6) is 0 Å². The number of aliphatic hydroxyl groups excluding tert-OH is 1. The molecule has 24 heavy (non-hydrogen) atoms. The molecule has 0 aliphatic heterocycles. The van der Waals surface area contributed by atoms with Crippen LogP contribution in [0.3, 0.4) is 0 Å². The number of ether oxygens (including phenoxy) is 1. The van der Waals surface area contributed by atoms with Gasteiger partial charge in [-0.3, -0.25) is 4.79 Å². The summed E-state index contributed by atoms with van der Waals surface area (Å²) in [6.07, 6.45) is -0.778. The molecule has 2 rings (SSSR count). The van der Waals surface area contributed by atoms with Crippen LogP contribution in [0.1, 0.15) is 24.4 Å². The molecule has 1 aromatic heterocycles. The Balaban J connectivity index is 1.84. The molecule has 0 aliphatic rings. The smallest absolute Gasteiger partial charge is 0.287 e. The summed E-state index contributed by atoms with van der Waals surface area (Å²) in [5, 5.41) is 12.3. The van der Waals surface area contributed by atoms with Gasteiger partial charge < -0.3 is 19.6 Å². The molecule has 0 saturated heterocycles. The van der Waals surface area contributed by atoms with Gasteiger partial charge in [-0.25, -0.2) is 4.39 Å². The van der Waals surface area contributed by atoms with E-state index in [1.807, 2.05) is 13.8 Å². The van der Waals surface area contributed by atoms with Crippen molar-refractivity contribution in [1.82, 2.24) is 5.32 Å². The normalized spacial score (nSPS) is 12.4. The molecule has 0 spiro atoms. The Labute approximate surface area is 140 Å². The molecule has 1 heterocycles. The number of aliphatic hydroxyl groups is 1. The van der Waals surface area contributed by atoms with E-state index < -0.39 is 12.0 Å². The molecule has 0 fully saturated rings. The number of halogens is 1. The van der Waals surface area contributed by atoms with Crippen molar-refractivity contribution in [2.24, 2.45) is 5.92 Å². The van der Waals surface area contributed by atoms with Crippen LogP contribution in [0.15, 0.2) is 40.8 Å². The van der Waals surface area contributed by atoms with Crippen LogP contribution in [0, 0.1) is 11.7 Å². The minimum atomic E-state index is -0.778. The zero-order valence-corrected chi connectivity index (χ0v) is 13.8. The number of benzene rings is 1. The lowest BCUT2D eigenvalue weighted by Crippen LogP contribution is -2.34. The van der Waals surface area contributed by atoms with Gasteiger partial charge in [0.1, 0.15) is 11.6 Å². The second kappa shape index (κ2) is 8.61. The van der Waals surface area contributed by atoms with Gasteiger partial charge in [-0.1, -0.05) is 13.8 Å². The van der Waals surface area contributed by atoms with Crippen molar-refractivity contribution >= 4 is 5.91 Å². The molecule has 130 valence electrons. The van der Waals surface area contributed by atoms with Crippen molar-refractivity contribution in [3.05, 3.63) is 48.0 Å². The summed E-state index contributed by atoms with van der Waals surface area (Å²) in [4.78, 5) is 12.0. The van der Waals surface area contributed by atoms with Crippen LogP contribution in [-0.2, 0) is 4.74 Å². The van der Waals surface area contributed by atoms with E-state index in [2.05, 4.69) is 5.32 Å². The van der Waals surface area contributed by atoms with Crippen molar-refractivity contribution < 1.29 is 23.4 Å². The van der Waals surface area contributed by atoms with Gasteiger partial charge in [0.2, 0.25) is 0 Å². The molecule has 5 nitrogen and oxygen atoms in total. The van der Waals surface area contributed by atoms with Crippen LogP contribution in [0.4, 0.5) is 4.39 Å². The summed E-state index contributed by atoms with van der Waals surface area (Å²) in [6.45, 7) is 4.83. The van der Waals surface area contributed by atoms with Gasteiger partial charge in [0.15, 0.2) is 5.76 Å². The third-order valence-corrected chi connectivity index (χ3v) is 3.22. The highest BCUT2D eigenvalue weighted by Gasteiger charge is 2.14. The molecule has 6 heteroatoms. The minimum Gasteiger partial charge on any atom is -0.451 e. The predicted molar refractivity (Wildman–Crippen MR) is 88.1 cm³/mol. The largest absolute Gasteiger partial charge is 0.451 e. The Hall–Kier alpha value is -2.18. The number of carbonyl (C=O) groups is 1. The number of hydrogen-bond donors (Lipinski definition) is 2. The van der Waals surface area contributed by atoms with E-state index in [0.29, 0.717) is 23.8 Å². The summed E-state index contributed by atoms with van der Waals surface area (Å²) >= 11 is 0. The number of hydrogen-bond acceptors (Lipinski definition) is 4. The van der Waals surface area contributed by atoms with Crippen LogP contribution >= 0.6 is 0 Å². The molecule has 0 bridgehead atoms. The third kappa shape index (κ3) is 5.47. The topological polar surface area (TPSA) is 71.7 Å². The van der Waals surface area contributed by atoms with Crippen molar-refractivity contribution in [3.8, 4) is 11.3 Å². The Bertz CT molecular complexity index is 651. The summed E-state index contributed by atoms with van der Waals surface area (Å²) in [5.74, 6) is 0.230. The number of amides is 1. The fraction of sp³-hybridized carbons (Fsp3) is 0.389. The second-order valence-corrected chi connectivity index (χ2v) is 5.97. The number of nitrogens with one attached hydrogen (secondary N) is 1. The molecule has 2 aromatic rings. The van der Waals surface area contributed by atoms with E-state index in [0.717, 1.165) is 0 Å². The molecular formula is C18H22FNO4. The Kier molecular flexibility index (Phi) is 6.52. The number of carbonyl (C=O) groups excluding carboxylic acids is 1. The first-order valence-corrected chi connectivity index (χ1v) is 7.85. The first-order chi connectivity index (χ1) is 11.5. The SMILES string of the molecule is CC(C)COCC(O)CNC(=O)c1ccc(-c2ccc(F)cc2)o1. The summed E-state index contributed by atoms with van der Waals surface area (Å²) < 4.78 is 23.7. The monoisotopic (exact) mass is 335 g/mol. The van der Waals surface area contributed by atoms with Gasteiger partial charge in [0.25, 0.3) is 5.91 Å². The summed E-state index contributed by atoms with van der Waals surface area (Å²) in [6, 6.07) is 8.98. The van der Waals surface area contributed by atoms with Crippen molar-refractivity contribution in [2.75, 3.05) is 19.8 Å². The molecule has 1 aromatic carbocycles. The van der Waals surface area contributed by atoms with Crippen LogP contribution in [0.25, 0.3) is 11.3 Å². The zero-order chi connectivity index (χ0) is 17.5. The highest BCUT2D eigenvalue weighted by Crippen LogP contribution is 2.22. The van der Waals surface area contributed by atoms with Crippen LogP contribution in [0.2, 0.25) is 0 Å². The highest BCUT2D eigenvalue weighted by atomic mass is 19.1. The van der Waals surface area contributed by atoms with E-state index in [1.165, 1.54) is 18.2 Å². The fourth-order valence-corrected chi connectivity index (χ4v) is 2.03. The Morgan fingerprint density at radius 1 is 1.21 bits per heavy atom. The van der Waals surface area contributed by atoms with Gasteiger partial charge in [-0.15, -0.1) is 0 Å². The minimum absolute atomic E-state index is 0.0729. The number of furan rings is 1. The van der Waals surface area contributed by atoms with Gasteiger partial charge in [0.05, 0.1) is 12.7 Å². The third-order valence-electron chi connectivity index (χ3n) is 3.22. The maximum atomic E-state index is 12.9.